The Hall–Kier alpha value is -0.480. The fourth-order valence-corrected chi connectivity index (χ4v) is 1.13. The monoisotopic (exact) mass is 190 g/mol. The van der Waals surface area contributed by atoms with Crippen LogP contribution in [0.1, 0.15) is 5.69 Å². The first kappa shape index (κ1) is 8.62. The van der Waals surface area contributed by atoms with Gasteiger partial charge < -0.3 is 0 Å². The maximum absolute atomic E-state index is 10.9. The molecule has 0 fully saturated rings. The molecule has 0 aliphatic heterocycles. The Balaban J connectivity index is 3.15. The van der Waals surface area contributed by atoms with Crippen LogP contribution in [0, 0.1) is 6.92 Å². The molecule has 0 saturated heterocycles. The fraction of sp³-hybridized carbons (Fsp3) is 0.333. The molecule has 11 heavy (non-hydrogen) atoms. The lowest BCUT2D eigenvalue weighted by molar-refractivity contribution is 0.679. The van der Waals surface area contributed by atoms with E-state index in [1.807, 2.05) is 0 Å². The summed E-state index contributed by atoms with van der Waals surface area (Å²) in [5.74, 6) is 0. The highest BCUT2D eigenvalue weighted by molar-refractivity contribution is 7.84. The van der Waals surface area contributed by atoms with Gasteiger partial charge in [0.1, 0.15) is 0 Å². The highest BCUT2D eigenvalue weighted by Crippen LogP contribution is 2.10. The van der Waals surface area contributed by atoms with Gasteiger partial charge >= 0.3 is 0 Å². The Bertz CT molecular complexity index is 303. The lowest BCUT2D eigenvalue weighted by atomic mass is 10.5. The van der Waals surface area contributed by atoms with E-state index in [9.17, 15) is 4.21 Å². The van der Waals surface area contributed by atoms with Gasteiger partial charge in [0, 0.05) is 6.26 Å². The quantitative estimate of drug-likeness (QED) is 0.625. The standard InChI is InChI=1S/C6H7ClN2OS/c1-4-5(7)3-8-6(9-4)11(2)10/h3H,1-2H3/t11-/m1/s1. The number of rotatable bonds is 1. The number of halogens is 1. The molecule has 0 N–H and O–H groups in total. The molecule has 1 rings (SSSR count). The van der Waals surface area contributed by atoms with Gasteiger partial charge in [-0.1, -0.05) is 11.6 Å². The molecule has 0 spiro atoms. The van der Waals surface area contributed by atoms with Crippen molar-refractivity contribution in [3.8, 4) is 0 Å². The number of aromatic nitrogens is 2. The van der Waals surface area contributed by atoms with Gasteiger partial charge in [0.2, 0.25) is 5.16 Å². The van der Waals surface area contributed by atoms with E-state index in [-0.39, 0.29) is 0 Å². The van der Waals surface area contributed by atoms with Gasteiger partial charge in [-0.2, -0.15) is 0 Å². The number of hydrogen-bond acceptors (Lipinski definition) is 3. The van der Waals surface area contributed by atoms with Crippen molar-refractivity contribution in [1.82, 2.24) is 9.97 Å². The van der Waals surface area contributed by atoms with E-state index in [0.29, 0.717) is 15.9 Å². The van der Waals surface area contributed by atoms with Crippen molar-refractivity contribution in [3.05, 3.63) is 16.9 Å². The first-order valence-corrected chi connectivity index (χ1v) is 4.87. The predicted molar refractivity (Wildman–Crippen MR) is 44.1 cm³/mol. The Morgan fingerprint density at radius 3 is 2.73 bits per heavy atom. The van der Waals surface area contributed by atoms with Gasteiger partial charge in [-0.05, 0) is 6.92 Å². The van der Waals surface area contributed by atoms with E-state index >= 15 is 0 Å². The van der Waals surface area contributed by atoms with Gasteiger partial charge in [0.15, 0.2) is 0 Å². The summed E-state index contributed by atoms with van der Waals surface area (Å²) in [4.78, 5) is 7.72. The van der Waals surface area contributed by atoms with Gasteiger partial charge in [-0.15, -0.1) is 0 Å². The van der Waals surface area contributed by atoms with Gasteiger partial charge in [-0.25, -0.2) is 9.97 Å². The third kappa shape index (κ3) is 1.97. The smallest absolute Gasteiger partial charge is 0.218 e. The molecule has 1 aromatic heterocycles. The lowest BCUT2D eigenvalue weighted by Crippen LogP contribution is -1.98. The van der Waals surface area contributed by atoms with Gasteiger partial charge in [-0.3, -0.25) is 4.21 Å². The van der Waals surface area contributed by atoms with Crippen LogP contribution in [-0.4, -0.2) is 20.4 Å². The Morgan fingerprint density at radius 1 is 1.64 bits per heavy atom. The largest absolute Gasteiger partial charge is 0.251 e. The summed E-state index contributed by atoms with van der Waals surface area (Å²) in [6.07, 6.45) is 2.99. The normalized spacial score (nSPS) is 13.0. The van der Waals surface area contributed by atoms with Crippen LogP contribution in [0.15, 0.2) is 11.4 Å². The summed E-state index contributed by atoms with van der Waals surface area (Å²) >= 11 is 5.66. The summed E-state index contributed by atoms with van der Waals surface area (Å²) in [6, 6.07) is 0. The molecular weight excluding hydrogens is 184 g/mol. The van der Waals surface area contributed by atoms with Crippen molar-refractivity contribution in [3.63, 3.8) is 0 Å². The second-order valence-electron chi connectivity index (χ2n) is 2.04. The Kier molecular flexibility index (Phi) is 2.57. The fourth-order valence-electron chi connectivity index (χ4n) is 0.570. The topological polar surface area (TPSA) is 42.9 Å². The molecule has 0 bridgehead atoms. The summed E-state index contributed by atoms with van der Waals surface area (Å²) in [5, 5.41) is 0.825. The summed E-state index contributed by atoms with van der Waals surface area (Å²) < 4.78 is 10.9. The van der Waals surface area contributed by atoms with Crippen LogP contribution in [0.5, 0.6) is 0 Å². The van der Waals surface area contributed by atoms with Crippen molar-refractivity contribution in [2.75, 3.05) is 6.26 Å². The number of hydrogen-bond donors (Lipinski definition) is 0. The minimum atomic E-state index is -1.13. The maximum Gasteiger partial charge on any atom is 0.218 e. The van der Waals surface area contributed by atoms with E-state index in [0.717, 1.165) is 0 Å². The zero-order valence-electron chi connectivity index (χ0n) is 6.17. The van der Waals surface area contributed by atoms with E-state index in [1.165, 1.54) is 12.5 Å². The van der Waals surface area contributed by atoms with Crippen LogP contribution in [0.4, 0.5) is 0 Å². The molecule has 0 aliphatic rings. The molecule has 1 atom stereocenters. The Morgan fingerprint density at radius 2 is 2.27 bits per heavy atom. The molecule has 0 aromatic carbocycles. The zero-order chi connectivity index (χ0) is 8.43. The minimum Gasteiger partial charge on any atom is -0.251 e. The molecular formula is C6H7ClN2OS. The molecule has 60 valence electrons. The van der Waals surface area contributed by atoms with E-state index in [4.69, 9.17) is 11.6 Å². The molecule has 5 heteroatoms. The SMILES string of the molecule is Cc1nc([S@@](C)=O)ncc1Cl. The third-order valence-corrected chi connectivity index (χ3v) is 2.24. The average Bonchev–Trinajstić information content (AvgIpc) is 1.94. The first-order chi connectivity index (χ1) is 5.11. The second kappa shape index (κ2) is 3.28. The zero-order valence-corrected chi connectivity index (χ0v) is 7.74. The second-order valence-corrected chi connectivity index (χ2v) is 3.72. The van der Waals surface area contributed by atoms with Crippen LogP contribution in [0.25, 0.3) is 0 Å². The minimum absolute atomic E-state index is 0.326. The molecule has 0 amide bonds. The predicted octanol–water partition coefficient (Wildman–Crippen LogP) is 1.18. The van der Waals surface area contributed by atoms with E-state index < -0.39 is 10.8 Å². The number of nitrogens with zero attached hydrogens (tertiary/aromatic N) is 2. The van der Waals surface area contributed by atoms with Crippen molar-refractivity contribution in [1.29, 1.82) is 0 Å². The molecule has 3 nitrogen and oxygen atoms in total. The summed E-state index contributed by atoms with van der Waals surface area (Å²) in [7, 11) is -1.13. The van der Waals surface area contributed by atoms with Crippen molar-refractivity contribution in [2.24, 2.45) is 0 Å². The summed E-state index contributed by atoms with van der Waals surface area (Å²) in [5.41, 5.74) is 0.659. The van der Waals surface area contributed by atoms with Crippen LogP contribution < -0.4 is 0 Å². The molecule has 1 aromatic rings. The first-order valence-electron chi connectivity index (χ1n) is 2.94. The van der Waals surface area contributed by atoms with Crippen LogP contribution in [0.2, 0.25) is 5.02 Å². The molecule has 0 aliphatic carbocycles. The van der Waals surface area contributed by atoms with Crippen LogP contribution in [-0.2, 0) is 10.8 Å². The van der Waals surface area contributed by atoms with Crippen molar-refractivity contribution in [2.45, 2.75) is 12.1 Å². The van der Waals surface area contributed by atoms with Gasteiger partial charge in [0.05, 0.1) is 27.7 Å². The van der Waals surface area contributed by atoms with Crippen LogP contribution >= 0.6 is 11.6 Å². The van der Waals surface area contributed by atoms with E-state index in [2.05, 4.69) is 9.97 Å². The molecule has 1 heterocycles. The molecule has 0 saturated carbocycles. The van der Waals surface area contributed by atoms with Crippen LogP contribution in [0.3, 0.4) is 0 Å². The Labute approximate surface area is 72.3 Å². The van der Waals surface area contributed by atoms with Crippen molar-refractivity contribution >= 4 is 22.4 Å². The summed E-state index contributed by atoms with van der Waals surface area (Å²) in [6.45, 7) is 1.75. The van der Waals surface area contributed by atoms with E-state index in [1.54, 1.807) is 6.92 Å². The lowest BCUT2D eigenvalue weighted by Gasteiger charge is -1.97. The maximum atomic E-state index is 10.9. The molecule has 0 unspecified atom stereocenters. The highest BCUT2D eigenvalue weighted by Gasteiger charge is 2.02. The van der Waals surface area contributed by atoms with Gasteiger partial charge in [0.25, 0.3) is 0 Å². The average molecular weight is 191 g/mol. The third-order valence-electron chi connectivity index (χ3n) is 1.15. The molecule has 0 radical (unpaired) electrons. The number of aryl methyl sites for hydroxylation is 1. The highest BCUT2D eigenvalue weighted by atomic mass is 35.5. The van der Waals surface area contributed by atoms with Crippen molar-refractivity contribution < 1.29 is 4.21 Å².